The summed E-state index contributed by atoms with van der Waals surface area (Å²) >= 11 is 12.4. The van der Waals surface area contributed by atoms with Gasteiger partial charge in [0, 0.05) is 24.5 Å². The average Bonchev–Trinajstić information content (AvgIpc) is 2.74. The van der Waals surface area contributed by atoms with E-state index in [1.54, 1.807) is 18.2 Å². The molecule has 1 aromatic rings. The van der Waals surface area contributed by atoms with Crippen LogP contribution >= 0.6 is 23.2 Å². The second kappa shape index (κ2) is 8.29. The number of benzene rings is 1. The van der Waals surface area contributed by atoms with Crippen LogP contribution in [0.4, 0.5) is 5.69 Å². The number of nitrogens with two attached hydrogens (primary N) is 1. The summed E-state index contributed by atoms with van der Waals surface area (Å²) in [7, 11) is -3.93. The maximum Gasteiger partial charge on any atom is 0.304 e. The SMILES string of the molecule is NC(=O)C12CC3CC(C1)C(NC(=O)CN1CCCN(c4cccc(Cl)c4Cl)S1(=O)=O)C(C3)C2. The molecule has 4 saturated carbocycles. The van der Waals surface area contributed by atoms with Gasteiger partial charge in [-0.25, -0.2) is 0 Å². The van der Waals surface area contributed by atoms with Crippen LogP contribution < -0.4 is 15.4 Å². The molecule has 1 aliphatic heterocycles. The van der Waals surface area contributed by atoms with E-state index in [1.165, 1.54) is 8.61 Å². The lowest BCUT2D eigenvalue weighted by molar-refractivity contribution is -0.147. The molecule has 3 N–H and O–H groups in total. The number of primary amides is 1. The van der Waals surface area contributed by atoms with Gasteiger partial charge in [-0.2, -0.15) is 12.7 Å². The van der Waals surface area contributed by atoms with Crippen molar-refractivity contribution < 1.29 is 18.0 Å². The highest BCUT2D eigenvalue weighted by Crippen LogP contribution is 2.59. The highest BCUT2D eigenvalue weighted by Gasteiger charge is 2.58. The number of halogens is 2. The molecule has 2 atom stereocenters. The largest absolute Gasteiger partial charge is 0.369 e. The van der Waals surface area contributed by atoms with E-state index in [4.69, 9.17) is 28.9 Å². The third-order valence-corrected chi connectivity index (χ3v) is 10.7. The van der Waals surface area contributed by atoms with Crippen molar-refractivity contribution in [1.82, 2.24) is 9.62 Å². The number of carbonyl (C=O) groups is 2. The molecular formula is C22H28Cl2N4O4S. The molecule has 0 radical (unpaired) electrons. The molecule has 0 aromatic heterocycles. The second-order valence-electron chi connectivity index (χ2n) is 10.0. The molecule has 2 unspecified atom stereocenters. The van der Waals surface area contributed by atoms with Gasteiger partial charge in [-0.05, 0) is 68.4 Å². The highest BCUT2D eigenvalue weighted by molar-refractivity contribution is 7.90. The van der Waals surface area contributed by atoms with E-state index in [1.807, 2.05) is 0 Å². The van der Waals surface area contributed by atoms with E-state index in [9.17, 15) is 18.0 Å². The molecule has 180 valence electrons. The van der Waals surface area contributed by atoms with Gasteiger partial charge in [0.15, 0.2) is 0 Å². The predicted molar refractivity (Wildman–Crippen MR) is 126 cm³/mol. The minimum Gasteiger partial charge on any atom is -0.369 e. The van der Waals surface area contributed by atoms with E-state index >= 15 is 0 Å². The van der Waals surface area contributed by atoms with Crippen LogP contribution in [0.5, 0.6) is 0 Å². The number of hydrogen-bond acceptors (Lipinski definition) is 4. The molecule has 1 heterocycles. The van der Waals surface area contributed by atoms with Crippen molar-refractivity contribution in [3.63, 3.8) is 0 Å². The molecule has 8 nitrogen and oxygen atoms in total. The van der Waals surface area contributed by atoms with Gasteiger partial charge in [0.2, 0.25) is 11.8 Å². The van der Waals surface area contributed by atoms with Crippen LogP contribution in [0.15, 0.2) is 18.2 Å². The second-order valence-corrected chi connectivity index (χ2v) is 12.7. The van der Waals surface area contributed by atoms with Crippen molar-refractivity contribution in [3.05, 3.63) is 28.2 Å². The normalized spacial score (nSPS) is 34.9. The van der Waals surface area contributed by atoms with Crippen molar-refractivity contribution in [2.75, 3.05) is 23.9 Å². The first-order valence-electron chi connectivity index (χ1n) is 11.4. The van der Waals surface area contributed by atoms with Gasteiger partial charge in [0.05, 0.1) is 22.3 Å². The molecule has 4 aliphatic carbocycles. The Morgan fingerprint density at radius 2 is 1.82 bits per heavy atom. The Kier molecular flexibility index (Phi) is 5.83. The maximum atomic E-state index is 13.3. The summed E-state index contributed by atoms with van der Waals surface area (Å²) in [5.74, 6) is 0.385. The van der Waals surface area contributed by atoms with E-state index < -0.39 is 15.6 Å². The number of amides is 2. The van der Waals surface area contributed by atoms with E-state index in [0.29, 0.717) is 30.9 Å². The van der Waals surface area contributed by atoms with Gasteiger partial charge < -0.3 is 11.1 Å². The minimum atomic E-state index is -3.93. The fourth-order valence-electron chi connectivity index (χ4n) is 6.80. The lowest BCUT2D eigenvalue weighted by Gasteiger charge is -2.58. The van der Waals surface area contributed by atoms with Crippen molar-refractivity contribution in [2.24, 2.45) is 28.9 Å². The molecule has 4 bridgehead atoms. The predicted octanol–water partition coefficient (Wildman–Crippen LogP) is 2.55. The molecule has 0 spiro atoms. The number of hydrogen-bond donors (Lipinski definition) is 2. The zero-order valence-corrected chi connectivity index (χ0v) is 20.5. The van der Waals surface area contributed by atoms with Crippen LogP contribution in [0.3, 0.4) is 0 Å². The standard InChI is InChI=1S/C22H28Cl2N4O4S/c23-16-3-1-4-17(19(16)24)28-6-2-5-27(33(28,31)32)12-18(29)26-20-14-7-13-8-15(20)11-22(9-13,10-14)21(25)30/h1,3-4,13-15,20H,2,5-12H2,(H2,25,30)(H,26,29). The summed E-state index contributed by atoms with van der Waals surface area (Å²) in [6, 6.07) is 4.82. The molecule has 6 rings (SSSR count). The van der Waals surface area contributed by atoms with Crippen molar-refractivity contribution in [1.29, 1.82) is 0 Å². The molecule has 5 aliphatic rings. The van der Waals surface area contributed by atoms with Crippen LogP contribution in [-0.2, 0) is 19.8 Å². The van der Waals surface area contributed by atoms with E-state index in [0.717, 1.165) is 19.3 Å². The molecular weight excluding hydrogens is 487 g/mol. The molecule has 11 heteroatoms. The summed E-state index contributed by atoms with van der Waals surface area (Å²) in [5.41, 5.74) is 5.64. The number of rotatable bonds is 5. The zero-order chi connectivity index (χ0) is 23.5. The molecule has 2 amide bonds. The fraction of sp³-hybridized carbons (Fsp3) is 0.636. The minimum absolute atomic E-state index is 0.0347. The Bertz CT molecular complexity index is 1080. The first kappa shape index (κ1) is 23.2. The van der Waals surface area contributed by atoms with Crippen LogP contribution in [0.2, 0.25) is 10.0 Å². The maximum absolute atomic E-state index is 13.3. The summed E-state index contributed by atoms with van der Waals surface area (Å²) in [4.78, 5) is 25.1. The van der Waals surface area contributed by atoms with Gasteiger partial charge in [0.1, 0.15) is 0 Å². The number of carbonyl (C=O) groups excluding carboxylic acids is 2. The quantitative estimate of drug-likeness (QED) is 0.628. The van der Waals surface area contributed by atoms with Crippen LogP contribution in [0.25, 0.3) is 0 Å². The smallest absolute Gasteiger partial charge is 0.304 e. The fourth-order valence-corrected chi connectivity index (χ4v) is 8.93. The molecule has 5 fully saturated rings. The van der Waals surface area contributed by atoms with E-state index in [-0.39, 0.29) is 59.4 Å². The Morgan fingerprint density at radius 1 is 1.12 bits per heavy atom. The molecule has 33 heavy (non-hydrogen) atoms. The van der Waals surface area contributed by atoms with Gasteiger partial charge in [0.25, 0.3) is 0 Å². The van der Waals surface area contributed by atoms with Gasteiger partial charge in [-0.15, -0.1) is 0 Å². The van der Waals surface area contributed by atoms with Gasteiger partial charge in [-0.1, -0.05) is 29.3 Å². The van der Waals surface area contributed by atoms with Crippen molar-refractivity contribution >= 4 is 50.9 Å². The monoisotopic (exact) mass is 514 g/mol. The van der Waals surface area contributed by atoms with E-state index in [2.05, 4.69) is 5.32 Å². The van der Waals surface area contributed by atoms with Gasteiger partial charge in [-0.3, -0.25) is 13.9 Å². The molecule has 1 aromatic carbocycles. The first-order chi connectivity index (χ1) is 15.6. The van der Waals surface area contributed by atoms with Crippen molar-refractivity contribution in [2.45, 2.75) is 44.6 Å². The summed E-state index contributed by atoms with van der Waals surface area (Å²) in [5, 5.41) is 3.56. The number of nitrogens with zero attached hydrogens (tertiary/aromatic N) is 2. The lowest BCUT2D eigenvalue weighted by atomic mass is 9.47. The van der Waals surface area contributed by atoms with Crippen molar-refractivity contribution in [3.8, 4) is 0 Å². The molecule has 1 saturated heterocycles. The summed E-state index contributed by atoms with van der Waals surface area (Å²) in [6.07, 6.45) is 4.82. The topological polar surface area (TPSA) is 113 Å². The average molecular weight is 515 g/mol. The summed E-state index contributed by atoms with van der Waals surface area (Å²) < 4.78 is 29.0. The third-order valence-electron chi connectivity index (χ3n) is 8.02. The Labute approximate surface area is 203 Å². The highest BCUT2D eigenvalue weighted by atomic mass is 35.5. The van der Waals surface area contributed by atoms with Crippen LogP contribution in [0, 0.1) is 23.2 Å². The van der Waals surface area contributed by atoms with Crippen LogP contribution in [0.1, 0.15) is 38.5 Å². The zero-order valence-electron chi connectivity index (χ0n) is 18.2. The summed E-state index contributed by atoms with van der Waals surface area (Å²) in [6.45, 7) is 0.274. The Hall–Kier alpha value is -1.55. The Morgan fingerprint density at radius 3 is 2.48 bits per heavy atom. The Balaban J connectivity index is 1.29. The number of nitrogens with one attached hydrogen (secondary N) is 1. The lowest BCUT2D eigenvalue weighted by Crippen LogP contribution is -2.63. The first-order valence-corrected chi connectivity index (χ1v) is 13.6. The third kappa shape index (κ3) is 3.90. The van der Waals surface area contributed by atoms with Crippen LogP contribution in [-0.4, -0.2) is 50.2 Å². The number of anilines is 1. The van der Waals surface area contributed by atoms with Gasteiger partial charge >= 0.3 is 10.2 Å².